The first kappa shape index (κ1) is 30.2. The Morgan fingerprint density at radius 2 is 1.95 bits per heavy atom. The van der Waals surface area contributed by atoms with Gasteiger partial charge in [0.2, 0.25) is 0 Å². The van der Waals surface area contributed by atoms with E-state index in [1.54, 1.807) is 43.4 Å². The molecule has 2 aliphatic heterocycles. The van der Waals surface area contributed by atoms with Crippen LogP contribution in [0, 0.1) is 34.0 Å². The fourth-order valence-corrected chi connectivity index (χ4v) is 5.42. The van der Waals surface area contributed by atoms with Gasteiger partial charge in [-0.3, -0.25) is 20.5 Å². The molecular formula is C30H35F3N6O2. The van der Waals surface area contributed by atoms with E-state index in [-0.39, 0.29) is 35.6 Å². The SMILES string of the molecule is CN(C=N)C(=N)CC1CC(C#N)C1.C[C@@H]1CN(Cc2cc3c(c(C(F)(F)F)c2)CN(c2ccccc2)C3=O)CCO1. The lowest BCUT2D eigenvalue weighted by molar-refractivity contribution is -0.138. The minimum Gasteiger partial charge on any atom is -0.376 e. The van der Waals surface area contributed by atoms with E-state index in [2.05, 4.69) is 11.0 Å². The number of morpholine rings is 1. The van der Waals surface area contributed by atoms with Crippen LogP contribution >= 0.6 is 0 Å². The normalized spacial score (nSPS) is 22.1. The number of hydrogen-bond acceptors (Lipinski definition) is 6. The van der Waals surface area contributed by atoms with Crippen LogP contribution in [0.25, 0.3) is 0 Å². The largest absolute Gasteiger partial charge is 0.416 e. The summed E-state index contributed by atoms with van der Waals surface area (Å²) in [7, 11) is 1.70. The first-order chi connectivity index (χ1) is 19.5. The third-order valence-electron chi connectivity index (χ3n) is 7.73. The van der Waals surface area contributed by atoms with Gasteiger partial charge in [-0.25, -0.2) is 0 Å². The molecule has 2 fully saturated rings. The highest BCUT2D eigenvalue weighted by molar-refractivity contribution is 6.10. The lowest BCUT2D eigenvalue weighted by Crippen LogP contribution is -2.40. The molecule has 2 aromatic rings. The molecule has 2 N–H and O–H groups in total. The summed E-state index contributed by atoms with van der Waals surface area (Å²) in [4.78, 5) is 17.9. The Hall–Kier alpha value is -3.75. The van der Waals surface area contributed by atoms with Gasteiger partial charge in [-0.05, 0) is 61.1 Å². The number of carbonyl (C=O) groups is 1. The van der Waals surface area contributed by atoms with E-state index < -0.39 is 11.7 Å². The van der Waals surface area contributed by atoms with E-state index in [0.29, 0.717) is 55.7 Å². The van der Waals surface area contributed by atoms with E-state index in [9.17, 15) is 18.0 Å². The second-order valence-corrected chi connectivity index (χ2v) is 10.9. The summed E-state index contributed by atoms with van der Waals surface area (Å²) in [5.41, 5.74) is 0.590. The molecule has 1 aliphatic carbocycles. The Balaban J connectivity index is 0.000000251. The number of rotatable bonds is 6. The van der Waals surface area contributed by atoms with Crippen molar-refractivity contribution < 1.29 is 22.7 Å². The highest BCUT2D eigenvalue weighted by atomic mass is 19.4. The average molecular weight is 569 g/mol. The summed E-state index contributed by atoms with van der Waals surface area (Å²) in [6.07, 6.45) is -0.784. The summed E-state index contributed by atoms with van der Waals surface area (Å²) >= 11 is 0. The van der Waals surface area contributed by atoms with Crippen molar-refractivity contribution in [3.05, 3.63) is 64.7 Å². The van der Waals surface area contributed by atoms with Crippen molar-refractivity contribution in [3.63, 3.8) is 0 Å². The summed E-state index contributed by atoms with van der Waals surface area (Å²) in [5.74, 6) is 0.780. The molecule has 0 unspecified atom stereocenters. The monoisotopic (exact) mass is 568 g/mol. The van der Waals surface area contributed by atoms with E-state index in [1.807, 2.05) is 6.92 Å². The number of fused-ring (bicyclic) bond motifs is 1. The van der Waals surface area contributed by atoms with E-state index in [4.69, 9.17) is 20.8 Å². The molecular weight excluding hydrogens is 533 g/mol. The number of carbonyl (C=O) groups excluding carboxylic acids is 1. The minimum atomic E-state index is -4.51. The molecule has 0 bridgehead atoms. The molecule has 1 saturated heterocycles. The van der Waals surface area contributed by atoms with Gasteiger partial charge in [0.1, 0.15) is 5.84 Å². The quantitative estimate of drug-likeness (QED) is 0.352. The van der Waals surface area contributed by atoms with Crippen LogP contribution in [-0.2, 0) is 24.0 Å². The van der Waals surface area contributed by atoms with Crippen LogP contribution in [0.3, 0.4) is 0 Å². The van der Waals surface area contributed by atoms with Crippen molar-refractivity contribution in [2.45, 2.75) is 51.6 Å². The average Bonchev–Trinajstić information content (AvgIpc) is 3.25. The van der Waals surface area contributed by atoms with Crippen LogP contribution in [0.4, 0.5) is 18.9 Å². The molecule has 41 heavy (non-hydrogen) atoms. The molecule has 2 aromatic carbocycles. The van der Waals surface area contributed by atoms with Gasteiger partial charge >= 0.3 is 6.18 Å². The number of nitriles is 1. The number of nitrogens with one attached hydrogen (secondary N) is 2. The van der Waals surface area contributed by atoms with Crippen molar-refractivity contribution in [2.75, 3.05) is 31.6 Å². The maximum absolute atomic E-state index is 13.8. The second-order valence-electron chi connectivity index (χ2n) is 10.9. The van der Waals surface area contributed by atoms with Crippen molar-refractivity contribution >= 4 is 23.8 Å². The van der Waals surface area contributed by atoms with Gasteiger partial charge in [0.15, 0.2) is 0 Å². The number of ether oxygens (including phenoxy) is 1. The number of benzene rings is 2. The number of amidine groups is 1. The molecule has 1 atom stereocenters. The predicted molar refractivity (Wildman–Crippen MR) is 150 cm³/mol. The van der Waals surface area contributed by atoms with E-state index >= 15 is 0 Å². The molecule has 11 heteroatoms. The van der Waals surface area contributed by atoms with E-state index in [1.165, 1.54) is 15.9 Å². The maximum atomic E-state index is 13.8. The third-order valence-corrected chi connectivity index (χ3v) is 7.73. The van der Waals surface area contributed by atoms with Gasteiger partial charge in [0.25, 0.3) is 5.91 Å². The summed E-state index contributed by atoms with van der Waals surface area (Å²) < 4.78 is 46.8. The Bertz CT molecular complexity index is 1300. The Morgan fingerprint density at radius 3 is 2.56 bits per heavy atom. The van der Waals surface area contributed by atoms with Crippen LogP contribution in [-0.4, -0.2) is 60.7 Å². The summed E-state index contributed by atoms with van der Waals surface area (Å²) in [6, 6.07) is 13.8. The number of nitrogens with zero attached hydrogens (tertiary/aromatic N) is 4. The molecule has 3 aliphatic rings. The number of hydrogen-bond donors (Lipinski definition) is 2. The highest BCUT2D eigenvalue weighted by Crippen LogP contribution is 2.40. The third kappa shape index (κ3) is 7.31. The Labute approximate surface area is 238 Å². The number of para-hydroxylation sites is 1. The van der Waals surface area contributed by atoms with Crippen LogP contribution in [0.1, 0.15) is 53.2 Å². The van der Waals surface area contributed by atoms with Crippen LogP contribution in [0.2, 0.25) is 0 Å². The van der Waals surface area contributed by atoms with Gasteiger partial charge in [-0.1, -0.05) is 18.2 Å². The highest BCUT2D eigenvalue weighted by Gasteiger charge is 2.40. The van der Waals surface area contributed by atoms with Gasteiger partial charge in [0.05, 0.1) is 37.2 Å². The van der Waals surface area contributed by atoms with Crippen LogP contribution in [0.15, 0.2) is 42.5 Å². The maximum Gasteiger partial charge on any atom is 0.416 e. The zero-order valence-electron chi connectivity index (χ0n) is 23.2. The molecule has 0 radical (unpaired) electrons. The first-order valence-electron chi connectivity index (χ1n) is 13.6. The van der Waals surface area contributed by atoms with Crippen LogP contribution in [0.5, 0.6) is 0 Å². The Kier molecular flexibility index (Phi) is 9.46. The number of amides is 1. The van der Waals surface area contributed by atoms with Gasteiger partial charge in [-0.2, -0.15) is 18.4 Å². The number of halogens is 3. The second kappa shape index (κ2) is 12.8. The van der Waals surface area contributed by atoms with Crippen LogP contribution < -0.4 is 4.90 Å². The lowest BCUT2D eigenvalue weighted by atomic mass is 9.74. The first-order valence-corrected chi connectivity index (χ1v) is 13.6. The van der Waals surface area contributed by atoms with Gasteiger partial charge in [0, 0.05) is 50.3 Å². The number of anilines is 1. The minimum absolute atomic E-state index is 0.0421. The molecule has 218 valence electrons. The topological polar surface area (TPSA) is 108 Å². The lowest BCUT2D eigenvalue weighted by Gasteiger charge is -2.31. The van der Waals surface area contributed by atoms with Gasteiger partial charge < -0.3 is 14.5 Å². The standard InChI is InChI=1S/C21H21F3N2O2.C9H14N4/c1-14-11-25(7-8-28-14)12-15-9-17-18(19(10-15)21(22,23)24)13-26(20(17)27)16-5-3-2-4-6-16;1-13(6-11)9(12)4-7-2-8(3-7)5-10/h2-6,9-10,14H,7-8,11-13H2,1H3;6-8,11-12H,2-4H2,1H3/t14-;/m1./s1. The molecule has 0 aromatic heterocycles. The summed E-state index contributed by atoms with van der Waals surface area (Å²) in [5, 5.41) is 23.1. The predicted octanol–water partition coefficient (Wildman–Crippen LogP) is 5.53. The fraction of sp³-hybridized carbons (Fsp3) is 0.467. The van der Waals surface area contributed by atoms with Crippen molar-refractivity contribution in [1.29, 1.82) is 16.1 Å². The molecule has 0 spiro atoms. The van der Waals surface area contributed by atoms with Gasteiger partial charge in [-0.15, -0.1) is 0 Å². The van der Waals surface area contributed by atoms with Crippen molar-refractivity contribution in [2.24, 2.45) is 11.8 Å². The fourth-order valence-electron chi connectivity index (χ4n) is 5.42. The smallest absolute Gasteiger partial charge is 0.376 e. The van der Waals surface area contributed by atoms with Crippen molar-refractivity contribution in [1.82, 2.24) is 9.80 Å². The Morgan fingerprint density at radius 1 is 1.24 bits per heavy atom. The van der Waals surface area contributed by atoms with Crippen molar-refractivity contribution in [3.8, 4) is 6.07 Å². The molecule has 2 heterocycles. The molecule has 5 rings (SSSR count). The number of alkyl halides is 3. The van der Waals surface area contributed by atoms with E-state index in [0.717, 1.165) is 19.2 Å². The zero-order chi connectivity index (χ0) is 29.7. The summed E-state index contributed by atoms with van der Waals surface area (Å²) in [6.45, 7) is 4.11. The zero-order valence-corrected chi connectivity index (χ0v) is 23.2. The molecule has 8 nitrogen and oxygen atoms in total. The molecule has 1 amide bonds. The molecule has 1 saturated carbocycles.